The van der Waals surface area contributed by atoms with Gasteiger partial charge in [-0.25, -0.2) is 0 Å². The van der Waals surface area contributed by atoms with E-state index in [1.54, 1.807) is 0 Å². The first kappa shape index (κ1) is 19.1. The van der Waals surface area contributed by atoms with Crippen LogP contribution < -0.4 is 0 Å². The topological polar surface area (TPSA) is 9.23 Å². The third-order valence-corrected chi connectivity index (χ3v) is 6.15. The van der Waals surface area contributed by atoms with Crippen molar-refractivity contribution in [1.29, 1.82) is 0 Å². The molecule has 0 unspecified atom stereocenters. The average molecular weight is 334 g/mol. The first-order valence-electron chi connectivity index (χ1n) is 9.68. The highest BCUT2D eigenvalue weighted by molar-refractivity contribution is 4.82. The van der Waals surface area contributed by atoms with Gasteiger partial charge in [0.15, 0.2) is 0 Å². The summed E-state index contributed by atoms with van der Waals surface area (Å²) in [5.41, 5.74) is 0. The van der Waals surface area contributed by atoms with E-state index in [4.69, 9.17) is 0 Å². The number of unbranched alkanes of at least 4 members (excludes halogenated alkanes) is 2. The second kappa shape index (κ2) is 9.29. The van der Waals surface area contributed by atoms with Gasteiger partial charge in [0.05, 0.1) is 6.61 Å². The first-order valence-corrected chi connectivity index (χ1v) is 9.68. The Morgan fingerprint density at radius 2 is 1.30 bits per heavy atom. The maximum Gasteiger partial charge on any atom is 0.522 e. The normalized spacial score (nSPS) is 32.9. The Morgan fingerprint density at radius 3 is 1.78 bits per heavy atom. The van der Waals surface area contributed by atoms with Crippen LogP contribution in [0, 0.1) is 23.7 Å². The predicted molar refractivity (Wildman–Crippen MR) is 87.0 cm³/mol. The molecule has 0 saturated heterocycles. The Morgan fingerprint density at radius 1 is 0.783 bits per heavy atom. The second-order valence-electron chi connectivity index (χ2n) is 7.81. The maximum absolute atomic E-state index is 12.1. The van der Waals surface area contributed by atoms with E-state index < -0.39 is 6.36 Å². The molecule has 1 nitrogen and oxygen atoms in total. The highest BCUT2D eigenvalue weighted by Gasteiger charge is 2.34. The zero-order valence-electron chi connectivity index (χ0n) is 14.5. The molecule has 2 saturated carbocycles. The van der Waals surface area contributed by atoms with Gasteiger partial charge < -0.3 is 0 Å². The van der Waals surface area contributed by atoms with Crippen LogP contribution in [-0.4, -0.2) is 13.0 Å². The van der Waals surface area contributed by atoms with Crippen LogP contribution in [-0.2, 0) is 4.74 Å². The lowest BCUT2D eigenvalue weighted by atomic mass is 9.69. The van der Waals surface area contributed by atoms with Gasteiger partial charge in [0.2, 0.25) is 0 Å². The van der Waals surface area contributed by atoms with Crippen LogP contribution in [0.3, 0.4) is 0 Å². The van der Waals surface area contributed by atoms with Crippen LogP contribution in [0.5, 0.6) is 0 Å². The summed E-state index contributed by atoms with van der Waals surface area (Å²) in [5.74, 6) is 2.64. The Balaban J connectivity index is 1.61. The Bertz CT molecular complexity index is 313. The highest BCUT2D eigenvalue weighted by Crippen LogP contribution is 2.42. The molecule has 0 bridgehead atoms. The van der Waals surface area contributed by atoms with Crippen molar-refractivity contribution >= 4 is 0 Å². The minimum atomic E-state index is -4.47. The number of rotatable bonds is 7. The van der Waals surface area contributed by atoms with Crippen molar-refractivity contribution in [1.82, 2.24) is 0 Å². The van der Waals surface area contributed by atoms with Gasteiger partial charge in [0, 0.05) is 0 Å². The van der Waals surface area contributed by atoms with Gasteiger partial charge in [-0.1, -0.05) is 45.4 Å². The highest BCUT2D eigenvalue weighted by atomic mass is 19.4. The van der Waals surface area contributed by atoms with Crippen LogP contribution >= 0.6 is 0 Å². The van der Waals surface area contributed by atoms with E-state index >= 15 is 0 Å². The van der Waals surface area contributed by atoms with Gasteiger partial charge in [0.25, 0.3) is 0 Å². The van der Waals surface area contributed by atoms with E-state index in [9.17, 15) is 13.2 Å². The zero-order valence-corrected chi connectivity index (χ0v) is 14.5. The fraction of sp³-hybridized carbons (Fsp3) is 1.00. The summed E-state index contributed by atoms with van der Waals surface area (Å²) in [6.07, 6.45) is 10.5. The van der Waals surface area contributed by atoms with Crippen LogP contribution in [0.1, 0.15) is 84.0 Å². The molecule has 23 heavy (non-hydrogen) atoms. The van der Waals surface area contributed by atoms with E-state index in [0.717, 1.165) is 43.4 Å². The third kappa shape index (κ3) is 7.03. The monoisotopic (exact) mass is 334 g/mol. The zero-order chi connectivity index (χ0) is 16.7. The molecule has 0 amide bonds. The summed E-state index contributed by atoms with van der Waals surface area (Å²) in [6, 6.07) is 0. The van der Waals surface area contributed by atoms with Gasteiger partial charge in [-0.15, -0.1) is 13.2 Å². The molecule has 2 rings (SSSR count). The first-order chi connectivity index (χ1) is 11.0. The van der Waals surface area contributed by atoms with Crippen molar-refractivity contribution in [3.8, 4) is 0 Å². The van der Waals surface area contributed by atoms with Crippen molar-refractivity contribution < 1.29 is 17.9 Å². The van der Waals surface area contributed by atoms with Crippen LogP contribution in [0.4, 0.5) is 13.2 Å². The quantitative estimate of drug-likeness (QED) is 0.470. The van der Waals surface area contributed by atoms with Crippen LogP contribution in [0.2, 0.25) is 0 Å². The summed E-state index contributed by atoms with van der Waals surface area (Å²) in [7, 11) is 0. The molecule has 0 aromatic carbocycles. The molecular weight excluding hydrogens is 301 g/mol. The van der Waals surface area contributed by atoms with Gasteiger partial charge >= 0.3 is 6.36 Å². The van der Waals surface area contributed by atoms with E-state index in [1.165, 1.54) is 51.4 Å². The van der Waals surface area contributed by atoms with Crippen molar-refractivity contribution in [3.63, 3.8) is 0 Å². The lowest BCUT2D eigenvalue weighted by Gasteiger charge is -2.38. The smallest absolute Gasteiger partial charge is 0.292 e. The number of ether oxygens (including phenoxy) is 1. The molecule has 0 radical (unpaired) electrons. The van der Waals surface area contributed by atoms with E-state index in [-0.39, 0.29) is 12.5 Å². The molecular formula is C19H33F3O. The van der Waals surface area contributed by atoms with Crippen molar-refractivity contribution in [2.45, 2.75) is 90.3 Å². The molecule has 0 aliphatic heterocycles. The van der Waals surface area contributed by atoms with Gasteiger partial charge in [0.1, 0.15) is 0 Å². The fourth-order valence-corrected chi connectivity index (χ4v) is 4.67. The molecule has 0 N–H and O–H groups in total. The molecule has 2 fully saturated rings. The second-order valence-corrected chi connectivity index (χ2v) is 7.81. The minimum Gasteiger partial charge on any atom is -0.292 e. The molecule has 0 heterocycles. The number of hydrogen-bond acceptors (Lipinski definition) is 1. The lowest BCUT2D eigenvalue weighted by Crippen LogP contribution is -2.28. The standard InChI is InChI=1S/C19H33F3O/c1-2-3-4-5-15-6-10-17(11-7-15)18-12-8-16(9-13-18)14-23-19(20,21)22/h15-18H,2-14H2,1H3. The van der Waals surface area contributed by atoms with Gasteiger partial charge in [-0.3, -0.25) is 4.74 Å². The summed E-state index contributed by atoms with van der Waals surface area (Å²) in [4.78, 5) is 0. The molecule has 136 valence electrons. The van der Waals surface area contributed by atoms with Crippen molar-refractivity contribution in [2.75, 3.05) is 6.61 Å². The van der Waals surface area contributed by atoms with Crippen LogP contribution in [0.25, 0.3) is 0 Å². The number of halogens is 3. The van der Waals surface area contributed by atoms with E-state index in [2.05, 4.69) is 11.7 Å². The van der Waals surface area contributed by atoms with Gasteiger partial charge in [-0.2, -0.15) is 0 Å². The summed E-state index contributed by atoms with van der Waals surface area (Å²) in [5, 5.41) is 0. The third-order valence-electron chi connectivity index (χ3n) is 6.15. The average Bonchev–Trinajstić information content (AvgIpc) is 2.54. The predicted octanol–water partition coefficient (Wildman–Crippen LogP) is 6.72. The summed E-state index contributed by atoms with van der Waals surface area (Å²) < 4.78 is 40.3. The summed E-state index contributed by atoms with van der Waals surface area (Å²) in [6.45, 7) is 2.12. The van der Waals surface area contributed by atoms with Crippen molar-refractivity contribution in [2.24, 2.45) is 23.7 Å². The number of hydrogen-bond donors (Lipinski definition) is 0. The lowest BCUT2D eigenvalue weighted by molar-refractivity contribution is -0.329. The molecule has 0 spiro atoms. The van der Waals surface area contributed by atoms with Crippen LogP contribution in [0.15, 0.2) is 0 Å². The molecule has 0 aromatic heterocycles. The van der Waals surface area contributed by atoms with E-state index in [0.29, 0.717) is 0 Å². The molecule has 2 aliphatic carbocycles. The Labute approximate surface area is 139 Å². The maximum atomic E-state index is 12.1. The summed E-state index contributed by atoms with van der Waals surface area (Å²) >= 11 is 0. The fourth-order valence-electron chi connectivity index (χ4n) is 4.67. The SMILES string of the molecule is CCCCCC1CCC(C2CCC(COC(F)(F)F)CC2)CC1. The molecule has 0 atom stereocenters. The van der Waals surface area contributed by atoms with Crippen molar-refractivity contribution in [3.05, 3.63) is 0 Å². The molecule has 0 aromatic rings. The molecule has 2 aliphatic rings. The Kier molecular flexibility index (Phi) is 7.71. The largest absolute Gasteiger partial charge is 0.522 e. The van der Waals surface area contributed by atoms with Gasteiger partial charge in [-0.05, 0) is 62.2 Å². The van der Waals surface area contributed by atoms with E-state index in [1.807, 2.05) is 0 Å². The Hall–Kier alpha value is -0.250. The molecule has 4 heteroatoms. The number of alkyl halides is 3. The minimum absolute atomic E-state index is 0.109.